The largest absolute Gasteiger partial charge is 0.333 e. The highest BCUT2D eigenvalue weighted by Crippen LogP contribution is 2.27. The molecule has 1 aromatic heterocycles. The lowest BCUT2D eigenvalue weighted by Crippen LogP contribution is -2.36. The molecule has 1 aliphatic rings. The number of nitrogens with zero attached hydrogens (tertiary/aromatic N) is 2. The second-order valence-electron chi connectivity index (χ2n) is 5.02. The van der Waals surface area contributed by atoms with Gasteiger partial charge in [-0.2, -0.15) is 0 Å². The number of aromatic nitrogens is 1. The van der Waals surface area contributed by atoms with Crippen molar-refractivity contribution >= 4 is 45.6 Å². The standard InChI is InChI=1S/C15H16BrN3OS.ClH/c16-12-3-1-2-10-8-19(7-5-11(10)12)15(20)13-9-21-14(18-13)4-6-17;/h1-3,9H,4-8,17H2;1H. The minimum Gasteiger partial charge on any atom is -0.333 e. The third-order valence-electron chi connectivity index (χ3n) is 3.63. The molecule has 7 heteroatoms. The fraction of sp³-hybridized carbons (Fsp3) is 0.333. The van der Waals surface area contributed by atoms with Crippen molar-refractivity contribution in [2.24, 2.45) is 5.73 Å². The van der Waals surface area contributed by atoms with Crippen LogP contribution in [0.15, 0.2) is 28.1 Å². The van der Waals surface area contributed by atoms with Crippen molar-refractivity contribution < 1.29 is 4.79 Å². The van der Waals surface area contributed by atoms with Gasteiger partial charge in [-0.25, -0.2) is 4.98 Å². The van der Waals surface area contributed by atoms with Crippen molar-refractivity contribution in [1.29, 1.82) is 0 Å². The Balaban J connectivity index is 0.00000176. The maximum absolute atomic E-state index is 12.5. The van der Waals surface area contributed by atoms with E-state index < -0.39 is 0 Å². The van der Waals surface area contributed by atoms with Crippen LogP contribution in [-0.2, 0) is 19.4 Å². The van der Waals surface area contributed by atoms with Crippen molar-refractivity contribution in [1.82, 2.24) is 9.88 Å². The summed E-state index contributed by atoms with van der Waals surface area (Å²) >= 11 is 5.09. The average Bonchev–Trinajstić information content (AvgIpc) is 2.95. The second-order valence-corrected chi connectivity index (χ2v) is 6.82. The Hall–Kier alpha value is -0.950. The highest BCUT2D eigenvalue weighted by Gasteiger charge is 2.24. The van der Waals surface area contributed by atoms with Gasteiger partial charge in [0.25, 0.3) is 5.91 Å². The molecule has 118 valence electrons. The zero-order chi connectivity index (χ0) is 14.8. The first-order valence-electron chi connectivity index (χ1n) is 6.89. The number of benzene rings is 1. The van der Waals surface area contributed by atoms with E-state index in [2.05, 4.69) is 33.0 Å². The van der Waals surface area contributed by atoms with E-state index in [1.165, 1.54) is 22.5 Å². The van der Waals surface area contributed by atoms with Crippen LogP contribution in [0.25, 0.3) is 0 Å². The lowest BCUT2D eigenvalue weighted by atomic mass is 10.00. The Morgan fingerprint density at radius 1 is 1.45 bits per heavy atom. The molecule has 0 saturated heterocycles. The zero-order valence-corrected chi connectivity index (χ0v) is 15.1. The molecule has 2 heterocycles. The highest BCUT2D eigenvalue weighted by molar-refractivity contribution is 9.10. The molecule has 0 saturated carbocycles. The molecular weight excluding hydrogens is 386 g/mol. The van der Waals surface area contributed by atoms with Crippen molar-refractivity contribution in [3.05, 3.63) is 49.9 Å². The van der Waals surface area contributed by atoms with Crippen molar-refractivity contribution in [3.63, 3.8) is 0 Å². The Morgan fingerprint density at radius 3 is 3.05 bits per heavy atom. The van der Waals surface area contributed by atoms with Gasteiger partial charge in [0.05, 0.1) is 5.01 Å². The molecule has 0 radical (unpaired) electrons. The lowest BCUT2D eigenvalue weighted by molar-refractivity contribution is 0.0729. The molecule has 0 atom stereocenters. The van der Waals surface area contributed by atoms with E-state index in [1.807, 2.05) is 16.3 Å². The molecule has 0 spiro atoms. The van der Waals surface area contributed by atoms with Gasteiger partial charge >= 0.3 is 0 Å². The van der Waals surface area contributed by atoms with Crippen LogP contribution in [0.4, 0.5) is 0 Å². The maximum atomic E-state index is 12.5. The van der Waals surface area contributed by atoms with Gasteiger partial charge in [0.1, 0.15) is 5.69 Å². The fourth-order valence-corrected chi connectivity index (χ4v) is 3.94. The lowest BCUT2D eigenvalue weighted by Gasteiger charge is -2.29. The predicted octanol–water partition coefficient (Wildman–Crippen LogP) is 3.03. The van der Waals surface area contributed by atoms with Crippen molar-refractivity contribution in [2.75, 3.05) is 13.1 Å². The smallest absolute Gasteiger partial charge is 0.273 e. The Kier molecular flexibility index (Phi) is 5.97. The SMILES string of the molecule is Cl.NCCc1nc(C(=O)N2CCc3c(Br)cccc3C2)cs1. The normalized spacial score (nSPS) is 13.5. The van der Waals surface area contributed by atoms with E-state index in [1.54, 1.807) is 0 Å². The fourth-order valence-electron chi connectivity index (χ4n) is 2.55. The summed E-state index contributed by atoms with van der Waals surface area (Å²) in [7, 11) is 0. The van der Waals surface area contributed by atoms with E-state index in [0.29, 0.717) is 18.8 Å². The van der Waals surface area contributed by atoms with Gasteiger partial charge < -0.3 is 10.6 Å². The summed E-state index contributed by atoms with van der Waals surface area (Å²) in [5.41, 5.74) is 8.58. The van der Waals surface area contributed by atoms with Crippen molar-refractivity contribution in [3.8, 4) is 0 Å². The predicted molar refractivity (Wildman–Crippen MR) is 94.7 cm³/mol. The average molecular weight is 403 g/mol. The number of carbonyl (C=O) groups excluding carboxylic acids is 1. The highest BCUT2D eigenvalue weighted by atomic mass is 79.9. The van der Waals surface area contributed by atoms with Gasteiger partial charge in [0, 0.05) is 29.4 Å². The summed E-state index contributed by atoms with van der Waals surface area (Å²) in [5.74, 6) is 0.0140. The number of hydrogen-bond acceptors (Lipinski definition) is 4. The molecule has 0 unspecified atom stereocenters. The van der Waals surface area contributed by atoms with Gasteiger partial charge in [-0.1, -0.05) is 28.1 Å². The minimum atomic E-state index is 0. The Bertz CT molecular complexity index is 677. The minimum absolute atomic E-state index is 0. The number of halogens is 2. The van der Waals surface area contributed by atoms with Gasteiger partial charge in [-0.05, 0) is 30.2 Å². The topological polar surface area (TPSA) is 59.2 Å². The van der Waals surface area contributed by atoms with E-state index in [-0.39, 0.29) is 18.3 Å². The van der Waals surface area contributed by atoms with Crippen LogP contribution in [0.5, 0.6) is 0 Å². The summed E-state index contributed by atoms with van der Waals surface area (Å²) < 4.78 is 1.13. The summed E-state index contributed by atoms with van der Waals surface area (Å²) in [4.78, 5) is 18.8. The first kappa shape index (κ1) is 17.4. The quantitative estimate of drug-likeness (QED) is 0.858. The molecule has 0 fully saturated rings. The summed E-state index contributed by atoms with van der Waals surface area (Å²) in [6, 6.07) is 6.15. The first-order valence-corrected chi connectivity index (χ1v) is 8.56. The molecule has 2 aromatic rings. The number of thiazole rings is 1. The molecule has 1 aliphatic heterocycles. The molecule has 1 amide bonds. The van der Waals surface area contributed by atoms with Crippen LogP contribution < -0.4 is 5.73 Å². The van der Waals surface area contributed by atoms with Crippen molar-refractivity contribution in [2.45, 2.75) is 19.4 Å². The third-order valence-corrected chi connectivity index (χ3v) is 5.28. The van der Waals surface area contributed by atoms with Crippen LogP contribution in [-0.4, -0.2) is 28.9 Å². The molecule has 22 heavy (non-hydrogen) atoms. The summed E-state index contributed by atoms with van der Waals surface area (Å²) in [6.45, 7) is 1.95. The Morgan fingerprint density at radius 2 is 2.27 bits per heavy atom. The van der Waals surface area contributed by atoms with E-state index in [0.717, 1.165) is 28.9 Å². The molecular formula is C15H17BrClN3OS. The third kappa shape index (κ3) is 3.51. The number of hydrogen-bond donors (Lipinski definition) is 1. The van der Waals surface area contributed by atoms with Gasteiger partial charge in [-0.3, -0.25) is 4.79 Å². The second kappa shape index (κ2) is 7.55. The van der Waals surface area contributed by atoms with Crippen LogP contribution in [0.2, 0.25) is 0 Å². The monoisotopic (exact) mass is 401 g/mol. The number of nitrogens with two attached hydrogens (primary N) is 1. The van der Waals surface area contributed by atoms with Crippen LogP contribution in [0.1, 0.15) is 26.6 Å². The van der Waals surface area contributed by atoms with Crippen LogP contribution in [0, 0.1) is 0 Å². The molecule has 3 rings (SSSR count). The zero-order valence-electron chi connectivity index (χ0n) is 11.9. The summed E-state index contributed by atoms with van der Waals surface area (Å²) in [6.07, 6.45) is 1.61. The number of fused-ring (bicyclic) bond motifs is 1. The molecule has 4 nitrogen and oxygen atoms in total. The molecule has 1 aromatic carbocycles. The number of carbonyl (C=O) groups is 1. The van der Waals surface area contributed by atoms with Crippen LogP contribution >= 0.6 is 39.7 Å². The van der Waals surface area contributed by atoms with Gasteiger partial charge in [0.2, 0.25) is 0 Å². The van der Waals surface area contributed by atoms with Crippen LogP contribution in [0.3, 0.4) is 0 Å². The molecule has 0 bridgehead atoms. The van der Waals surface area contributed by atoms with Gasteiger partial charge in [-0.15, -0.1) is 23.7 Å². The summed E-state index contributed by atoms with van der Waals surface area (Å²) in [5, 5.41) is 2.77. The first-order chi connectivity index (χ1) is 10.2. The molecule has 0 aliphatic carbocycles. The number of amides is 1. The maximum Gasteiger partial charge on any atom is 0.273 e. The van der Waals surface area contributed by atoms with E-state index in [4.69, 9.17) is 5.73 Å². The van der Waals surface area contributed by atoms with Gasteiger partial charge in [0.15, 0.2) is 0 Å². The Labute approximate surface area is 148 Å². The van der Waals surface area contributed by atoms with E-state index in [9.17, 15) is 4.79 Å². The number of rotatable bonds is 3. The molecule has 2 N–H and O–H groups in total. The van der Waals surface area contributed by atoms with E-state index >= 15 is 0 Å².